The van der Waals surface area contributed by atoms with Crippen molar-refractivity contribution in [1.29, 1.82) is 5.26 Å². The molecule has 0 spiro atoms. The Morgan fingerprint density at radius 3 is 3.23 bits per heavy atom. The van der Waals surface area contributed by atoms with Crippen LogP contribution in [-0.4, -0.2) is 48.6 Å². The first kappa shape index (κ1) is 10.4. The highest BCUT2D eigenvalue weighted by molar-refractivity contribution is 7.99. The van der Waals surface area contributed by atoms with E-state index in [0.717, 1.165) is 5.75 Å². The number of hydrogen-bond donors (Lipinski definition) is 0. The molecule has 72 valence electrons. The highest BCUT2D eigenvalue weighted by atomic mass is 32.2. The number of methoxy groups -OCH3 is 1. The molecule has 1 aliphatic rings. The quantitative estimate of drug-likeness (QED) is 0.634. The summed E-state index contributed by atoms with van der Waals surface area (Å²) in [5, 5.41) is 8.78. The molecule has 1 heterocycles. The first-order valence-electron chi connectivity index (χ1n) is 4.05. The fraction of sp³-hybridized carbons (Fsp3) is 0.750. The van der Waals surface area contributed by atoms with Crippen molar-refractivity contribution in [3.8, 4) is 6.07 Å². The number of rotatable bonds is 2. The molecule has 0 aromatic heterocycles. The molecule has 1 aliphatic heterocycles. The van der Waals surface area contributed by atoms with E-state index in [9.17, 15) is 4.79 Å². The molecule has 1 fully saturated rings. The largest absolute Gasteiger partial charge is 0.375 e. The van der Waals surface area contributed by atoms with Gasteiger partial charge in [0.05, 0.1) is 6.07 Å². The third-order valence-electron chi connectivity index (χ3n) is 1.87. The maximum atomic E-state index is 11.4. The zero-order valence-electron chi connectivity index (χ0n) is 7.52. The fourth-order valence-corrected chi connectivity index (χ4v) is 2.19. The van der Waals surface area contributed by atoms with Crippen LogP contribution in [0.5, 0.6) is 0 Å². The van der Waals surface area contributed by atoms with Crippen LogP contribution >= 0.6 is 11.8 Å². The molecule has 13 heavy (non-hydrogen) atoms. The van der Waals surface area contributed by atoms with Crippen molar-refractivity contribution < 1.29 is 9.53 Å². The van der Waals surface area contributed by atoms with Crippen LogP contribution in [0.4, 0.5) is 0 Å². The van der Waals surface area contributed by atoms with E-state index in [1.54, 1.807) is 16.7 Å². The molecule has 0 radical (unpaired) electrons. The van der Waals surface area contributed by atoms with Gasteiger partial charge in [0.15, 0.2) is 0 Å². The molecular formula is C8H12N2O2S. The van der Waals surface area contributed by atoms with Gasteiger partial charge in [-0.05, 0) is 0 Å². The lowest BCUT2D eigenvalue weighted by Crippen LogP contribution is -2.46. The molecule has 5 heteroatoms. The van der Waals surface area contributed by atoms with Gasteiger partial charge in [-0.3, -0.25) is 4.79 Å². The van der Waals surface area contributed by atoms with E-state index in [4.69, 9.17) is 10.00 Å². The molecule has 0 N–H and O–H groups in total. The second-order valence-corrected chi connectivity index (χ2v) is 3.89. The topological polar surface area (TPSA) is 53.3 Å². The SMILES string of the molecule is COCC(=O)N1CCSCC1C#N. The summed E-state index contributed by atoms with van der Waals surface area (Å²) < 4.78 is 4.74. The zero-order valence-corrected chi connectivity index (χ0v) is 8.34. The molecule has 1 unspecified atom stereocenters. The maximum absolute atomic E-state index is 11.4. The highest BCUT2D eigenvalue weighted by Gasteiger charge is 2.26. The van der Waals surface area contributed by atoms with Gasteiger partial charge < -0.3 is 9.64 Å². The number of nitrogens with zero attached hydrogens (tertiary/aromatic N) is 2. The summed E-state index contributed by atoms with van der Waals surface area (Å²) in [6.07, 6.45) is 0. The summed E-state index contributed by atoms with van der Waals surface area (Å²) in [7, 11) is 1.48. The minimum atomic E-state index is -0.276. The molecule has 0 aromatic carbocycles. The van der Waals surface area contributed by atoms with Gasteiger partial charge in [-0.25, -0.2) is 0 Å². The Hall–Kier alpha value is -0.730. The molecule has 4 nitrogen and oxygen atoms in total. The highest BCUT2D eigenvalue weighted by Crippen LogP contribution is 2.15. The van der Waals surface area contributed by atoms with E-state index in [1.165, 1.54) is 7.11 Å². The van der Waals surface area contributed by atoms with Crippen molar-refractivity contribution in [1.82, 2.24) is 4.90 Å². The Balaban J connectivity index is 2.54. The lowest BCUT2D eigenvalue weighted by Gasteiger charge is -2.30. The van der Waals surface area contributed by atoms with Crippen LogP contribution in [-0.2, 0) is 9.53 Å². The van der Waals surface area contributed by atoms with Gasteiger partial charge in [-0.15, -0.1) is 0 Å². The Labute approximate surface area is 81.8 Å². The summed E-state index contributed by atoms with van der Waals surface area (Å²) in [6, 6.07) is 1.85. The van der Waals surface area contributed by atoms with Crippen molar-refractivity contribution in [3.05, 3.63) is 0 Å². The van der Waals surface area contributed by atoms with Gasteiger partial charge in [-0.1, -0.05) is 0 Å². The zero-order chi connectivity index (χ0) is 9.68. The van der Waals surface area contributed by atoms with Crippen molar-refractivity contribution >= 4 is 17.7 Å². The maximum Gasteiger partial charge on any atom is 0.249 e. The van der Waals surface area contributed by atoms with Crippen molar-refractivity contribution in [2.24, 2.45) is 0 Å². The van der Waals surface area contributed by atoms with Crippen LogP contribution in [0.3, 0.4) is 0 Å². The lowest BCUT2D eigenvalue weighted by molar-refractivity contribution is -0.135. The molecule has 1 saturated heterocycles. The van der Waals surface area contributed by atoms with Crippen LogP contribution in [0, 0.1) is 11.3 Å². The molecule has 0 aliphatic carbocycles. The van der Waals surface area contributed by atoms with E-state index in [1.807, 2.05) is 0 Å². The van der Waals surface area contributed by atoms with Crippen LogP contribution in [0.1, 0.15) is 0 Å². The number of amides is 1. The van der Waals surface area contributed by atoms with Crippen molar-refractivity contribution in [3.63, 3.8) is 0 Å². The van der Waals surface area contributed by atoms with Gasteiger partial charge in [0.2, 0.25) is 5.91 Å². The fourth-order valence-electron chi connectivity index (χ4n) is 1.22. The first-order chi connectivity index (χ1) is 6.29. The predicted molar refractivity (Wildman–Crippen MR) is 50.3 cm³/mol. The van der Waals surface area contributed by atoms with E-state index in [2.05, 4.69) is 6.07 Å². The van der Waals surface area contributed by atoms with Gasteiger partial charge in [-0.2, -0.15) is 17.0 Å². The van der Waals surface area contributed by atoms with E-state index in [0.29, 0.717) is 12.3 Å². The van der Waals surface area contributed by atoms with Crippen LogP contribution in [0.15, 0.2) is 0 Å². The number of carbonyl (C=O) groups excluding carboxylic acids is 1. The second kappa shape index (κ2) is 5.10. The van der Waals surface area contributed by atoms with E-state index >= 15 is 0 Å². The van der Waals surface area contributed by atoms with Crippen LogP contribution in [0.2, 0.25) is 0 Å². The molecule has 0 aromatic rings. The second-order valence-electron chi connectivity index (χ2n) is 2.74. The third kappa shape index (κ3) is 2.61. The van der Waals surface area contributed by atoms with Gasteiger partial charge in [0.1, 0.15) is 12.6 Å². The molecule has 0 bridgehead atoms. The van der Waals surface area contributed by atoms with Gasteiger partial charge in [0.25, 0.3) is 0 Å². The standard InChI is InChI=1S/C8H12N2O2S/c1-12-5-8(11)10-2-3-13-6-7(10)4-9/h7H,2-3,5-6H2,1H3. The average Bonchev–Trinajstić information content (AvgIpc) is 2.18. The van der Waals surface area contributed by atoms with Crippen LogP contribution in [0.25, 0.3) is 0 Å². The molecule has 1 amide bonds. The van der Waals surface area contributed by atoms with Crippen molar-refractivity contribution in [2.75, 3.05) is 31.8 Å². The Morgan fingerprint density at radius 1 is 1.85 bits per heavy atom. The lowest BCUT2D eigenvalue weighted by atomic mass is 10.3. The molecule has 0 saturated carbocycles. The number of ether oxygens (including phenoxy) is 1. The van der Waals surface area contributed by atoms with Gasteiger partial charge in [0, 0.05) is 25.2 Å². The van der Waals surface area contributed by atoms with Crippen molar-refractivity contribution in [2.45, 2.75) is 6.04 Å². The molecule has 1 rings (SSSR count). The monoisotopic (exact) mass is 200 g/mol. The Kier molecular flexibility index (Phi) is 4.06. The molecular weight excluding hydrogens is 188 g/mol. The summed E-state index contributed by atoms with van der Waals surface area (Å²) >= 11 is 1.71. The Morgan fingerprint density at radius 2 is 2.62 bits per heavy atom. The Bertz CT molecular complexity index is 227. The van der Waals surface area contributed by atoms with Crippen LogP contribution < -0.4 is 0 Å². The summed E-state index contributed by atoms with van der Waals surface area (Å²) in [5.74, 6) is 1.54. The van der Waals surface area contributed by atoms with E-state index < -0.39 is 0 Å². The predicted octanol–water partition coefficient (Wildman–Crippen LogP) is 0.100. The third-order valence-corrected chi connectivity index (χ3v) is 2.89. The normalized spacial score (nSPS) is 22.5. The molecule has 1 atom stereocenters. The van der Waals surface area contributed by atoms with Gasteiger partial charge >= 0.3 is 0 Å². The first-order valence-corrected chi connectivity index (χ1v) is 5.21. The minimum absolute atomic E-state index is 0.0723. The smallest absolute Gasteiger partial charge is 0.249 e. The number of hydrogen-bond acceptors (Lipinski definition) is 4. The van der Waals surface area contributed by atoms with E-state index in [-0.39, 0.29) is 18.6 Å². The number of nitriles is 1. The summed E-state index contributed by atoms with van der Waals surface area (Å²) in [5.41, 5.74) is 0. The number of thioether (sulfide) groups is 1. The minimum Gasteiger partial charge on any atom is -0.375 e. The number of carbonyl (C=O) groups is 1. The summed E-state index contributed by atoms with van der Waals surface area (Å²) in [4.78, 5) is 13.0. The summed E-state index contributed by atoms with van der Waals surface area (Å²) in [6.45, 7) is 0.730. The average molecular weight is 200 g/mol.